The van der Waals surface area contributed by atoms with Crippen molar-refractivity contribution < 1.29 is 14.3 Å². The number of para-hydroxylation sites is 1. The monoisotopic (exact) mass is 404 g/mol. The van der Waals surface area contributed by atoms with Crippen LogP contribution in [0.5, 0.6) is 0 Å². The van der Waals surface area contributed by atoms with Crippen molar-refractivity contribution in [1.82, 2.24) is 9.55 Å². The van der Waals surface area contributed by atoms with Crippen molar-refractivity contribution in [3.8, 4) is 5.69 Å². The Morgan fingerprint density at radius 2 is 2.00 bits per heavy atom. The van der Waals surface area contributed by atoms with Gasteiger partial charge in [0.15, 0.2) is 17.3 Å². The predicted octanol–water partition coefficient (Wildman–Crippen LogP) is 2.18. The quantitative estimate of drug-likeness (QED) is 0.693. The van der Waals surface area contributed by atoms with Gasteiger partial charge in [-0.2, -0.15) is 0 Å². The van der Waals surface area contributed by atoms with Gasteiger partial charge >= 0.3 is 5.97 Å². The lowest BCUT2D eigenvalue weighted by Crippen LogP contribution is -2.28. The summed E-state index contributed by atoms with van der Waals surface area (Å²) in [4.78, 5) is 30.2. The van der Waals surface area contributed by atoms with Gasteiger partial charge in [-0.25, -0.2) is 14.2 Å². The number of hydrogen-bond donors (Lipinski definition) is 2. The number of hydrogen-bond acceptors (Lipinski definition) is 5. The molecule has 2 aromatic heterocycles. The second-order valence-corrected chi connectivity index (χ2v) is 6.54. The molecule has 0 saturated carbocycles. The number of pyridine rings is 2. The molecule has 1 saturated heterocycles. The van der Waals surface area contributed by atoms with Crippen LogP contribution in [0.15, 0.2) is 47.4 Å². The van der Waals surface area contributed by atoms with Crippen LogP contribution in [-0.4, -0.2) is 39.8 Å². The summed E-state index contributed by atoms with van der Waals surface area (Å²) >= 11 is 0. The van der Waals surface area contributed by atoms with Crippen LogP contribution in [0.25, 0.3) is 16.7 Å². The minimum atomic E-state index is -1.37. The lowest BCUT2D eigenvalue weighted by atomic mass is 10.1. The summed E-state index contributed by atoms with van der Waals surface area (Å²) in [6.45, 7) is 1.04. The molecule has 0 aliphatic carbocycles. The van der Waals surface area contributed by atoms with E-state index in [1.54, 1.807) is 29.2 Å². The van der Waals surface area contributed by atoms with Crippen LogP contribution in [0, 0.1) is 5.82 Å². The Morgan fingerprint density at radius 1 is 1.29 bits per heavy atom. The number of halogens is 2. The number of carboxylic acids is 1. The topological polar surface area (TPSA) is 101 Å². The summed E-state index contributed by atoms with van der Waals surface area (Å²) < 4.78 is 16.2. The Hall–Kier alpha value is -2.97. The van der Waals surface area contributed by atoms with E-state index >= 15 is 0 Å². The number of fused-ring (bicyclic) bond motifs is 1. The number of aromatic nitrogens is 2. The molecule has 3 N–H and O–H groups in total. The maximum atomic E-state index is 14.7. The normalized spacial score (nSPS) is 16.2. The lowest BCUT2D eigenvalue weighted by molar-refractivity contribution is 0.0695. The second-order valence-electron chi connectivity index (χ2n) is 6.54. The maximum absolute atomic E-state index is 14.7. The van der Waals surface area contributed by atoms with Crippen LogP contribution in [0.3, 0.4) is 0 Å². The van der Waals surface area contributed by atoms with Crippen molar-refractivity contribution in [2.45, 2.75) is 12.5 Å². The predicted molar refractivity (Wildman–Crippen MR) is 106 cm³/mol. The standard InChI is InChI=1S/C19H17FN4O3.ClH/c20-15-8-13-16(25)14(19(26)27)10-24(12-4-2-1-3-5-12)17(13)22-18(15)23-7-6-11(21)9-23;/h1-5,8,10-11H,6-7,9,21H2,(H,26,27);1H. The summed E-state index contributed by atoms with van der Waals surface area (Å²) in [6, 6.07) is 9.89. The zero-order chi connectivity index (χ0) is 19.1. The zero-order valence-electron chi connectivity index (χ0n) is 14.7. The molecule has 146 valence electrons. The molecule has 0 amide bonds. The van der Waals surface area contributed by atoms with Gasteiger partial charge in [-0.15, -0.1) is 12.4 Å². The van der Waals surface area contributed by atoms with Gasteiger partial charge in [0, 0.05) is 31.0 Å². The Balaban J connectivity index is 0.00000225. The lowest BCUT2D eigenvalue weighted by Gasteiger charge is -2.19. The Morgan fingerprint density at radius 3 is 2.61 bits per heavy atom. The van der Waals surface area contributed by atoms with Crippen molar-refractivity contribution in [2.75, 3.05) is 18.0 Å². The molecule has 1 aromatic carbocycles. The highest BCUT2D eigenvalue weighted by molar-refractivity contribution is 5.92. The van der Waals surface area contributed by atoms with E-state index in [-0.39, 0.29) is 35.3 Å². The van der Waals surface area contributed by atoms with Gasteiger partial charge in [-0.1, -0.05) is 18.2 Å². The first-order valence-electron chi connectivity index (χ1n) is 8.51. The number of aromatic carboxylic acids is 1. The third kappa shape index (κ3) is 3.32. The highest BCUT2D eigenvalue weighted by Crippen LogP contribution is 2.25. The van der Waals surface area contributed by atoms with Gasteiger partial charge in [-0.3, -0.25) is 4.79 Å². The largest absolute Gasteiger partial charge is 0.477 e. The van der Waals surface area contributed by atoms with Crippen LogP contribution in [0.4, 0.5) is 10.2 Å². The molecule has 3 heterocycles. The average Bonchev–Trinajstić information content (AvgIpc) is 3.08. The van der Waals surface area contributed by atoms with E-state index in [0.717, 1.165) is 12.5 Å². The number of carboxylic acid groups (broad SMARTS) is 1. The molecule has 0 bridgehead atoms. The molecule has 9 heteroatoms. The fourth-order valence-electron chi connectivity index (χ4n) is 3.35. The molecule has 1 unspecified atom stereocenters. The third-order valence-corrected chi connectivity index (χ3v) is 4.70. The molecule has 0 spiro atoms. The van der Waals surface area contributed by atoms with Gasteiger partial charge in [0.05, 0.1) is 5.39 Å². The highest BCUT2D eigenvalue weighted by Gasteiger charge is 2.25. The molecule has 7 nitrogen and oxygen atoms in total. The van der Waals surface area contributed by atoms with E-state index in [4.69, 9.17) is 5.73 Å². The number of benzene rings is 1. The van der Waals surface area contributed by atoms with Crippen molar-refractivity contribution in [3.63, 3.8) is 0 Å². The van der Waals surface area contributed by atoms with Crippen LogP contribution in [0.2, 0.25) is 0 Å². The van der Waals surface area contributed by atoms with Gasteiger partial charge in [-0.05, 0) is 24.6 Å². The number of nitrogens with two attached hydrogens (primary N) is 1. The minimum Gasteiger partial charge on any atom is -0.477 e. The highest BCUT2D eigenvalue weighted by atomic mass is 35.5. The molecule has 1 aliphatic rings. The van der Waals surface area contributed by atoms with Crippen LogP contribution < -0.4 is 16.1 Å². The van der Waals surface area contributed by atoms with Crippen molar-refractivity contribution in [1.29, 1.82) is 0 Å². The van der Waals surface area contributed by atoms with Crippen molar-refractivity contribution >= 4 is 35.2 Å². The summed E-state index contributed by atoms with van der Waals surface area (Å²) in [5.41, 5.74) is 5.53. The first-order chi connectivity index (χ1) is 13.0. The fraction of sp³-hybridized carbons (Fsp3) is 0.211. The van der Waals surface area contributed by atoms with E-state index in [1.807, 2.05) is 6.07 Å². The molecule has 1 atom stereocenters. The van der Waals surface area contributed by atoms with Gasteiger partial charge < -0.3 is 20.3 Å². The summed E-state index contributed by atoms with van der Waals surface area (Å²) in [5.74, 6) is -1.93. The molecule has 1 fully saturated rings. The number of anilines is 1. The van der Waals surface area contributed by atoms with Crippen molar-refractivity contribution in [3.05, 3.63) is 64.2 Å². The van der Waals surface area contributed by atoms with E-state index in [2.05, 4.69) is 4.98 Å². The van der Waals surface area contributed by atoms with Crippen molar-refractivity contribution in [2.24, 2.45) is 5.73 Å². The molecule has 0 radical (unpaired) electrons. The molecule has 28 heavy (non-hydrogen) atoms. The number of nitrogens with zero attached hydrogens (tertiary/aromatic N) is 3. The third-order valence-electron chi connectivity index (χ3n) is 4.70. The van der Waals surface area contributed by atoms with Gasteiger partial charge in [0.2, 0.25) is 5.43 Å². The zero-order valence-corrected chi connectivity index (χ0v) is 15.5. The number of carbonyl (C=O) groups is 1. The van der Waals surface area contributed by atoms with Crippen LogP contribution >= 0.6 is 12.4 Å². The Kier molecular flexibility index (Phi) is 5.35. The van der Waals surface area contributed by atoms with E-state index in [0.29, 0.717) is 18.8 Å². The average molecular weight is 405 g/mol. The van der Waals surface area contributed by atoms with E-state index < -0.39 is 22.8 Å². The van der Waals surface area contributed by atoms with Gasteiger partial charge in [0.25, 0.3) is 0 Å². The summed E-state index contributed by atoms with van der Waals surface area (Å²) in [5, 5.41) is 9.29. The molecule has 3 aromatic rings. The summed E-state index contributed by atoms with van der Waals surface area (Å²) in [7, 11) is 0. The first kappa shape index (κ1) is 19.8. The molecule has 4 rings (SSSR count). The second kappa shape index (κ2) is 7.57. The maximum Gasteiger partial charge on any atom is 0.341 e. The van der Waals surface area contributed by atoms with Crippen LogP contribution in [0.1, 0.15) is 16.8 Å². The molecular formula is C19H18ClFN4O3. The number of rotatable bonds is 3. The van der Waals surface area contributed by atoms with Gasteiger partial charge in [0.1, 0.15) is 5.56 Å². The van der Waals surface area contributed by atoms with E-state index in [9.17, 15) is 19.1 Å². The summed E-state index contributed by atoms with van der Waals surface area (Å²) in [6.07, 6.45) is 1.95. The van der Waals surface area contributed by atoms with E-state index in [1.165, 1.54) is 10.8 Å². The van der Waals surface area contributed by atoms with Crippen LogP contribution in [-0.2, 0) is 0 Å². The fourth-order valence-corrected chi connectivity index (χ4v) is 3.35. The molecular weight excluding hydrogens is 387 g/mol. The minimum absolute atomic E-state index is 0. The molecule has 1 aliphatic heterocycles. The Bertz CT molecular complexity index is 1100. The smallest absolute Gasteiger partial charge is 0.341 e. The first-order valence-corrected chi connectivity index (χ1v) is 8.51. The Labute approximate surface area is 165 Å². The SMILES string of the molecule is Cl.NC1CCN(c2nc3c(cc2F)c(=O)c(C(=O)O)cn3-c2ccccc2)C1.